The number of hydrogen-bond donors (Lipinski definition) is 2. The summed E-state index contributed by atoms with van der Waals surface area (Å²) in [5.41, 5.74) is 11.2. The van der Waals surface area contributed by atoms with E-state index in [-0.39, 0.29) is 12.1 Å². The summed E-state index contributed by atoms with van der Waals surface area (Å²) in [5.74, 6) is 0. The summed E-state index contributed by atoms with van der Waals surface area (Å²) in [6.45, 7) is 7.04. The van der Waals surface area contributed by atoms with Crippen molar-refractivity contribution in [3.8, 4) is 0 Å². The Hall–Kier alpha value is -0.160. The van der Waals surface area contributed by atoms with E-state index in [4.69, 9.17) is 20.9 Å². The predicted octanol–water partition coefficient (Wildman–Crippen LogP) is 1.27. The number of unbranched alkanes of at least 4 members (excludes halogenated alkanes) is 1. The molecule has 0 amide bonds. The fraction of sp³-hybridized carbons (Fsp3) is 1.00. The first kappa shape index (κ1) is 15.8. The maximum atomic E-state index is 5.63. The Labute approximate surface area is 99.7 Å². The lowest BCUT2D eigenvalue weighted by atomic mass is 10.2. The van der Waals surface area contributed by atoms with Gasteiger partial charge in [0.05, 0.1) is 6.61 Å². The van der Waals surface area contributed by atoms with Crippen LogP contribution in [0.4, 0.5) is 0 Å². The molecule has 2 atom stereocenters. The minimum absolute atomic E-state index is 0.134. The zero-order valence-corrected chi connectivity index (χ0v) is 10.8. The van der Waals surface area contributed by atoms with Crippen molar-refractivity contribution in [2.24, 2.45) is 11.5 Å². The highest BCUT2D eigenvalue weighted by Gasteiger charge is 1.96. The number of rotatable bonds is 11. The van der Waals surface area contributed by atoms with Gasteiger partial charge in [0.1, 0.15) is 0 Å². The molecule has 0 aromatic rings. The second-order valence-corrected chi connectivity index (χ2v) is 4.49. The predicted molar refractivity (Wildman–Crippen MR) is 67.4 cm³/mol. The smallest absolute Gasteiger partial charge is 0.0614 e. The normalized spacial score (nSPS) is 15.0. The van der Waals surface area contributed by atoms with Gasteiger partial charge in [-0.05, 0) is 39.5 Å². The number of hydrogen-bond acceptors (Lipinski definition) is 4. The van der Waals surface area contributed by atoms with Crippen LogP contribution in [0.2, 0.25) is 0 Å². The summed E-state index contributed by atoms with van der Waals surface area (Å²) in [5, 5.41) is 0. The summed E-state index contributed by atoms with van der Waals surface area (Å²) in [7, 11) is 0. The van der Waals surface area contributed by atoms with Gasteiger partial charge in [-0.25, -0.2) is 0 Å². The Bertz CT molecular complexity index is 125. The van der Waals surface area contributed by atoms with Crippen molar-refractivity contribution in [3.63, 3.8) is 0 Å². The SMILES string of the molecule is CC(N)CCCOCCCCOCC(C)N. The molecule has 4 nitrogen and oxygen atoms in total. The van der Waals surface area contributed by atoms with Crippen molar-refractivity contribution < 1.29 is 9.47 Å². The van der Waals surface area contributed by atoms with Crippen LogP contribution in [0.5, 0.6) is 0 Å². The molecule has 0 aliphatic heterocycles. The molecule has 16 heavy (non-hydrogen) atoms. The minimum Gasteiger partial charge on any atom is -0.381 e. The van der Waals surface area contributed by atoms with Crippen molar-refractivity contribution in [1.82, 2.24) is 0 Å². The van der Waals surface area contributed by atoms with Crippen molar-refractivity contribution in [2.75, 3.05) is 26.4 Å². The van der Waals surface area contributed by atoms with E-state index in [0.717, 1.165) is 45.5 Å². The van der Waals surface area contributed by atoms with Crippen LogP contribution in [-0.4, -0.2) is 38.5 Å². The molecule has 4 N–H and O–H groups in total. The zero-order chi connectivity index (χ0) is 12.2. The molecule has 0 spiro atoms. The van der Waals surface area contributed by atoms with Gasteiger partial charge in [-0.1, -0.05) is 0 Å². The lowest BCUT2D eigenvalue weighted by molar-refractivity contribution is 0.0965. The van der Waals surface area contributed by atoms with Crippen LogP contribution in [0, 0.1) is 0 Å². The van der Waals surface area contributed by atoms with Crippen LogP contribution in [0.15, 0.2) is 0 Å². The molecule has 0 saturated heterocycles. The Morgan fingerprint density at radius 2 is 1.38 bits per heavy atom. The van der Waals surface area contributed by atoms with Crippen molar-refractivity contribution >= 4 is 0 Å². The third-order valence-corrected chi connectivity index (χ3v) is 2.16. The summed E-state index contributed by atoms with van der Waals surface area (Å²) >= 11 is 0. The molecule has 0 fully saturated rings. The molecule has 0 heterocycles. The quantitative estimate of drug-likeness (QED) is 0.526. The molecule has 2 unspecified atom stereocenters. The van der Waals surface area contributed by atoms with Gasteiger partial charge in [0, 0.05) is 31.9 Å². The van der Waals surface area contributed by atoms with E-state index >= 15 is 0 Å². The van der Waals surface area contributed by atoms with Gasteiger partial charge in [0.15, 0.2) is 0 Å². The van der Waals surface area contributed by atoms with Crippen LogP contribution in [0.25, 0.3) is 0 Å². The van der Waals surface area contributed by atoms with E-state index in [1.807, 2.05) is 13.8 Å². The van der Waals surface area contributed by atoms with E-state index in [2.05, 4.69) is 0 Å². The lowest BCUT2D eigenvalue weighted by Gasteiger charge is -2.08. The molecule has 0 bridgehead atoms. The summed E-state index contributed by atoms with van der Waals surface area (Å²) in [6.07, 6.45) is 4.19. The fourth-order valence-corrected chi connectivity index (χ4v) is 1.29. The topological polar surface area (TPSA) is 70.5 Å². The fourth-order valence-electron chi connectivity index (χ4n) is 1.29. The molecule has 0 aliphatic carbocycles. The maximum absolute atomic E-state index is 5.63. The number of ether oxygens (including phenoxy) is 2. The second kappa shape index (κ2) is 11.3. The zero-order valence-electron chi connectivity index (χ0n) is 10.8. The summed E-state index contributed by atoms with van der Waals surface area (Å²) < 4.78 is 10.8. The first-order valence-electron chi connectivity index (χ1n) is 6.29. The lowest BCUT2D eigenvalue weighted by Crippen LogP contribution is -2.22. The molecular weight excluding hydrogens is 204 g/mol. The van der Waals surface area contributed by atoms with Gasteiger partial charge in [-0.15, -0.1) is 0 Å². The van der Waals surface area contributed by atoms with Gasteiger partial charge < -0.3 is 20.9 Å². The van der Waals surface area contributed by atoms with Gasteiger partial charge in [-0.2, -0.15) is 0 Å². The van der Waals surface area contributed by atoms with Gasteiger partial charge in [0.25, 0.3) is 0 Å². The van der Waals surface area contributed by atoms with Crippen LogP contribution in [-0.2, 0) is 9.47 Å². The van der Waals surface area contributed by atoms with Crippen LogP contribution >= 0.6 is 0 Å². The van der Waals surface area contributed by atoms with E-state index < -0.39 is 0 Å². The first-order valence-corrected chi connectivity index (χ1v) is 6.29. The van der Waals surface area contributed by atoms with E-state index in [1.54, 1.807) is 0 Å². The van der Waals surface area contributed by atoms with Gasteiger partial charge >= 0.3 is 0 Å². The highest BCUT2D eigenvalue weighted by atomic mass is 16.5. The van der Waals surface area contributed by atoms with Gasteiger partial charge in [-0.3, -0.25) is 0 Å². The first-order chi connectivity index (χ1) is 7.63. The molecule has 4 heteroatoms. The Morgan fingerprint density at radius 1 is 0.812 bits per heavy atom. The van der Waals surface area contributed by atoms with Crippen molar-refractivity contribution in [2.45, 2.75) is 51.6 Å². The standard InChI is InChI=1S/C12H28N2O2/c1-11(13)6-5-9-15-7-3-4-8-16-10-12(2)14/h11-12H,3-10,13-14H2,1-2H3. The molecule has 0 saturated carbocycles. The van der Waals surface area contributed by atoms with E-state index in [1.165, 1.54) is 0 Å². The van der Waals surface area contributed by atoms with Crippen LogP contribution in [0.3, 0.4) is 0 Å². The van der Waals surface area contributed by atoms with Crippen molar-refractivity contribution in [3.05, 3.63) is 0 Å². The Morgan fingerprint density at radius 3 is 1.94 bits per heavy atom. The molecule has 0 rings (SSSR count). The van der Waals surface area contributed by atoms with Crippen molar-refractivity contribution in [1.29, 1.82) is 0 Å². The largest absolute Gasteiger partial charge is 0.381 e. The molecule has 0 aliphatic rings. The maximum Gasteiger partial charge on any atom is 0.0614 e. The van der Waals surface area contributed by atoms with Gasteiger partial charge in [0.2, 0.25) is 0 Å². The molecule has 98 valence electrons. The third kappa shape index (κ3) is 13.8. The van der Waals surface area contributed by atoms with E-state index in [9.17, 15) is 0 Å². The Kier molecular flexibility index (Phi) is 11.2. The van der Waals surface area contributed by atoms with Crippen LogP contribution in [0.1, 0.15) is 39.5 Å². The second-order valence-electron chi connectivity index (χ2n) is 4.49. The highest BCUT2D eigenvalue weighted by molar-refractivity contribution is 4.52. The van der Waals surface area contributed by atoms with E-state index in [0.29, 0.717) is 6.61 Å². The minimum atomic E-state index is 0.134. The molecular formula is C12H28N2O2. The summed E-state index contributed by atoms with van der Waals surface area (Å²) in [6, 6.07) is 0.421. The molecule has 0 aromatic carbocycles. The van der Waals surface area contributed by atoms with Crippen LogP contribution < -0.4 is 11.5 Å². The summed E-state index contributed by atoms with van der Waals surface area (Å²) in [4.78, 5) is 0. The monoisotopic (exact) mass is 232 g/mol. The third-order valence-electron chi connectivity index (χ3n) is 2.16. The molecule has 0 radical (unpaired) electrons. The average Bonchev–Trinajstić information content (AvgIpc) is 2.20. The number of nitrogens with two attached hydrogens (primary N) is 2. The molecule has 0 aromatic heterocycles. The average molecular weight is 232 g/mol. The Balaban J connectivity index is 2.93. The highest BCUT2D eigenvalue weighted by Crippen LogP contribution is 1.96.